The molecule has 11 heteroatoms. The predicted molar refractivity (Wildman–Crippen MR) is 93.8 cm³/mol. The summed E-state index contributed by atoms with van der Waals surface area (Å²) in [6.07, 6.45) is -3.95. The summed E-state index contributed by atoms with van der Waals surface area (Å²) in [5.74, 6) is -3.19. The number of hydrogen-bond donors (Lipinski definition) is 4. The van der Waals surface area contributed by atoms with Crippen LogP contribution in [0.5, 0.6) is 0 Å². The van der Waals surface area contributed by atoms with E-state index in [1.165, 1.54) is 6.92 Å². The molecule has 29 heavy (non-hydrogen) atoms. The van der Waals surface area contributed by atoms with Gasteiger partial charge in [-0.3, -0.25) is 0 Å². The molecular formula is C18H17F3N4O4. The molecule has 0 spiro atoms. The number of halogens is 3. The Bertz CT molecular complexity index is 1090. The Labute approximate surface area is 162 Å². The zero-order valence-electron chi connectivity index (χ0n) is 15.0. The van der Waals surface area contributed by atoms with Gasteiger partial charge in [0, 0.05) is 6.20 Å². The molecule has 2 aromatic heterocycles. The zero-order chi connectivity index (χ0) is 21.1. The van der Waals surface area contributed by atoms with Gasteiger partial charge in [0.2, 0.25) is 0 Å². The van der Waals surface area contributed by atoms with E-state index in [4.69, 9.17) is 10.5 Å². The minimum Gasteiger partial charge on any atom is -0.387 e. The van der Waals surface area contributed by atoms with E-state index in [-0.39, 0.29) is 22.4 Å². The minimum atomic E-state index is -2.01. The fraction of sp³-hybridized carbons (Fsp3) is 0.333. The number of aliphatic hydroxyl groups excluding tert-OH is 2. The quantitative estimate of drug-likeness (QED) is 0.507. The van der Waals surface area contributed by atoms with Crippen LogP contribution in [0, 0.1) is 17.5 Å². The summed E-state index contributed by atoms with van der Waals surface area (Å²) < 4.78 is 47.9. The van der Waals surface area contributed by atoms with Crippen LogP contribution in [0.2, 0.25) is 0 Å². The van der Waals surface area contributed by atoms with Gasteiger partial charge in [0.15, 0.2) is 29.3 Å². The number of aliphatic hydroxyl groups is 3. The largest absolute Gasteiger partial charge is 0.387 e. The van der Waals surface area contributed by atoms with Crippen LogP contribution in [0.4, 0.5) is 19.0 Å². The van der Waals surface area contributed by atoms with E-state index in [1.54, 1.807) is 0 Å². The minimum absolute atomic E-state index is 0.0133. The molecule has 1 saturated heterocycles. The Morgan fingerprint density at radius 1 is 1.10 bits per heavy atom. The SMILES string of the molecule is CC(O)(c1ccc(F)c(F)c1)[C@H]1O[C@@H](n2cc(F)c3c(N)ncnc32)[C@H](O)[C@@H]1O. The Morgan fingerprint density at radius 2 is 1.83 bits per heavy atom. The topological polar surface area (TPSA) is 127 Å². The second kappa shape index (κ2) is 6.66. The van der Waals surface area contributed by atoms with E-state index < -0.39 is 47.6 Å². The third-order valence-corrected chi connectivity index (χ3v) is 5.16. The van der Waals surface area contributed by atoms with Crippen LogP contribution in [0.1, 0.15) is 18.7 Å². The molecule has 0 bridgehead atoms. The highest BCUT2D eigenvalue weighted by atomic mass is 19.2. The smallest absolute Gasteiger partial charge is 0.164 e. The van der Waals surface area contributed by atoms with Crippen molar-refractivity contribution in [3.8, 4) is 0 Å². The van der Waals surface area contributed by atoms with Gasteiger partial charge in [-0.1, -0.05) is 6.07 Å². The highest BCUT2D eigenvalue weighted by Gasteiger charge is 2.52. The molecule has 1 unspecified atom stereocenters. The summed E-state index contributed by atoms with van der Waals surface area (Å²) in [5, 5.41) is 31.8. The maximum Gasteiger partial charge on any atom is 0.164 e. The first kappa shape index (κ1) is 19.6. The molecule has 0 amide bonds. The fourth-order valence-electron chi connectivity index (χ4n) is 3.59. The Balaban J connectivity index is 1.73. The van der Waals surface area contributed by atoms with Crippen molar-refractivity contribution in [2.24, 2.45) is 0 Å². The summed E-state index contributed by atoms with van der Waals surface area (Å²) in [4.78, 5) is 7.64. The second-order valence-electron chi connectivity index (χ2n) is 7.05. The first-order chi connectivity index (χ1) is 13.6. The number of anilines is 1. The molecular weight excluding hydrogens is 393 g/mol. The van der Waals surface area contributed by atoms with Crippen molar-refractivity contribution in [1.82, 2.24) is 14.5 Å². The number of aromatic nitrogens is 3. The molecule has 1 aliphatic heterocycles. The highest BCUT2D eigenvalue weighted by Crippen LogP contribution is 2.41. The van der Waals surface area contributed by atoms with Gasteiger partial charge in [0.25, 0.3) is 0 Å². The molecule has 0 aliphatic carbocycles. The number of nitrogens with two attached hydrogens (primary N) is 1. The third-order valence-electron chi connectivity index (χ3n) is 5.16. The normalized spacial score (nSPS) is 26.7. The van der Waals surface area contributed by atoms with Crippen LogP contribution >= 0.6 is 0 Å². The number of nitrogens with zero attached hydrogens (tertiary/aromatic N) is 3. The van der Waals surface area contributed by atoms with Crippen molar-refractivity contribution >= 4 is 16.9 Å². The molecule has 0 saturated carbocycles. The van der Waals surface area contributed by atoms with E-state index >= 15 is 0 Å². The number of fused-ring (bicyclic) bond motifs is 1. The standard InChI is InChI=1S/C18H17F3N4O4/c1-18(28,7-2-3-8(19)9(20)4-7)14-12(26)13(27)17(29-14)25-5-10(21)11-15(22)23-6-24-16(11)25/h2-6,12-14,17,26-28H,1H3,(H2,22,23,24)/t12-,13+,14-,17+,18?/m0/s1. The summed E-state index contributed by atoms with van der Waals surface area (Å²) in [6, 6.07) is 2.72. The van der Waals surface area contributed by atoms with Crippen molar-refractivity contribution in [2.45, 2.75) is 37.1 Å². The lowest BCUT2D eigenvalue weighted by Crippen LogP contribution is -2.45. The maximum atomic E-state index is 14.3. The monoisotopic (exact) mass is 410 g/mol. The van der Waals surface area contributed by atoms with Gasteiger partial charge in [-0.15, -0.1) is 0 Å². The predicted octanol–water partition coefficient (Wildman–Crippen LogP) is 0.958. The average molecular weight is 410 g/mol. The van der Waals surface area contributed by atoms with Gasteiger partial charge >= 0.3 is 0 Å². The summed E-state index contributed by atoms with van der Waals surface area (Å²) in [6.45, 7) is 1.22. The van der Waals surface area contributed by atoms with Crippen LogP contribution in [0.15, 0.2) is 30.7 Å². The Hall–Kier alpha value is -2.73. The van der Waals surface area contributed by atoms with Crippen molar-refractivity contribution in [3.05, 3.63) is 53.7 Å². The van der Waals surface area contributed by atoms with Crippen LogP contribution in [-0.4, -0.2) is 48.2 Å². The van der Waals surface area contributed by atoms with Crippen LogP contribution in [0.3, 0.4) is 0 Å². The van der Waals surface area contributed by atoms with Crippen molar-refractivity contribution in [1.29, 1.82) is 0 Å². The molecule has 1 aromatic carbocycles. The van der Waals surface area contributed by atoms with Gasteiger partial charge in [-0.2, -0.15) is 0 Å². The van der Waals surface area contributed by atoms with Gasteiger partial charge in [0.1, 0.15) is 36.1 Å². The molecule has 1 fully saturated rings. The molecule has 3 aromatic rings. The summed E-state index contributed by atoms with van der Waals surface area (Å²) >= 11 is 0. The molecule has 4 rings (SSSR count). The fourth-order valence-corrected chi connectivity index (χ4v) is 3.59. The van der Waals surface area contributed by atoms with E-state index in [9.17, 15) is 28.5 Å². The van der Waals surface area contributed by atoms with E-state index in [1.807, 2.05) is 0 Å². The summed E-state index contributed by atoms with van der Waals surface area (Å²) in [5.41, 5.74) is 3.59. The lowest BCUT2D eigenvalue weighted by Gasteiger charge is -2.32. The van der Waals surface area contributed by atoms with Crippen molar-refractivity contribution in [2.75, 3.05) is 5.73 Å². The molecule has 1 aliphatic rings. The molecule has 8 nitrogen and oxygen atoms in total. The number of benzene rings is 1. The highest BCUT2D eigenvalue weighted by molar-refractivity contribution is 5.86. The molecule has 0 radical (unpaired) electrons. The molecule has 3 heterocycles. The Morgan fingerprint density at radius 3 is 2.52 bits per heavy atom. The summed E-state index contributed by atoms with van der Waals surface area (Å²) in [7, 11) is 0. The van der Waals surface area contributed by atoms with Crippen molar-refractivity contribution in [3.63, 3.8) is 0 Å². The van der Waals surface area contributed by atoms with Crippen LogP contribution in [-0.2, 0) is 10.3 Å². The van der Waals surface area contributed by atoms with Crippen LogP contribution < -0.4 is 5.73 Å². The number of rotatable bonds is 3. The molecule has 5 atom stereocenters. The maximum absolute atomic E-state index is 14.3. The number of nitrogen functional groups attached to an aromatic ring is 1. The Kier molecular flexibility index (Phi) is 4.50. The van der Waals surface area contributed by atoms with Gasteiger partial charge in [0.05, 0.1) is 5.39 Å². The van der Waals surface area contributed by atoms with E-state index in [0.717, 1.165) is 35.3 Å². The molecule has 5 N–H and O–H groups in total. The number of hydrogen-bond acceptors (Lipinski definition) is 7. The van der Waals surface area contributed by atoms with Crippen LogP contribution in [0.25, 0.3) is 11.0 Å². The average Bonchev–Trinajstić information content (AvgIpc) is 3.16. The lowest BCUT2D eigenvalue weighted by molar-refractivity contribution is -0.136. The first-order valence-electron chi connectivity index (χ1n) is 8.59. The zero-order valence-corrected chi connectivity index (χ0v) is 15.0. The van der Waals surface area contributed by atoms with Gasteiger partial charge < -0.3 is 30.4 Å². The number of ether oxygens (including phenoxy) is 1. The van der Waals surface area contributed by atoms with Crippen molar-refractivity contribution < 1.29 is 33.2 Å². The van der Waals surface area contributed by atoms with Gasteiger partial charge in [-0.05, 0) is 24.6 Å². The molecule has 154 valence electrons. The third kappa shape index (κ3) is 2.94. The lowest BCUT2D eigenvalue weighted by atomic mass is 9.86. The second-order valence-corrected chi connectivity index (χ2v) is 7.05. The van der Waals surface area contributed by atoms with Gasteiger partial charge in [-0.25, -0.2) is 23.1 Å². The first-order valence-corrected chi connectivity index (χ1v) is 8.59. The van der Waals surface area contributed by atoms with E-state index in [0.29, 0.717) is 0 Å². The van der Waals surface area contributed by atoms with E-state index in [2.05, 4.69) is 9.97 Å².